The van der Waals surface area contributed by atoms with Crippen LogP contribution in [0.15, 0.2) is 3.92 Å². The van der Waals surface area contributed by atoms with Crippen LogP contribution in [0.5, 0.6) is 0 Å². The van der Waals surface area contributed by atoms with Gasteiger partial charge in [-0.05, 0) is 33.9 Å². The number of halogens is 1. The molecule has 0 N–H and O–H groups in total. The van der Waals surface area contributed by atoms with Gasteiger partial charge in [-0.15, -0.1) is 0 Å². The Labute approximate surface area is 78.1 Å². The Morgan fingerprint density at radius 1 is 1.64 bits per heavy atom. The molecule has 0 saturated carbocycles. The Morgan fingerprint density at radius 3 is 3.00 bits per heavy atom. The van der Waals surface area contributed by atoms with Gasteiger partial charge >= 0.3 is 0 Å². The van der Waals surface area contributed by atoms with Crippen LogP contribution in [0, 0.1) is 0 Å². The molecule has 0 bridgehead atoms. The Bertz CT molecular complexity index is 216. The Balaban J connectivity index is 2.27. The van der Waals surface area contributed by atoms with Crippen molar-refractivity contribution in [3.8, 4) is 0 Å². The second kappa shape index (κ2) is 4.79. The first-order valence-electron chi connectivity index (χ1n) is 3.38. The van der Waals surface area contributed by atoms with Gasteiger partial charge in [-0.3, -0.25) is 0 Å². The molecule has 0 aliphatic rings. The van der Waals surface area contributed by atoms with Crippen molar-refractivity contribution in [2.24, 2.45) is 0 Å². The average molecular weight is 237 g/mol. The van der Waals surface area contributed by atoms with Crippen molar-refractivity contribution in [2.45, 2.75) is 20.0 Å². The molecule has 62 valence electrons. The molecule has 3 nitrogen and oxygen atoms in total. The first-order valence-corrected chi connectivity index (χ1v) is 4.95. The van der Waals surface area contributed by atoms with Crippen LogP contribution in [0.2, 0.25) is 0 Å². The molecule has 0 aliphatic heterocycles. The summed E-state index contributed by atoms with van der Waals surface area (Å²) in [5.74, 6) is 0.760. The van der Waals surface area contributed by atoms with Crippen LogP contribution in [-0.4, -0.2) is 16.0 Å². The van der Waals surface area contributed by atoms with Crippen LogP contribution in [0.1, 0.15) is 19.2 Å². The third-order valence-corrected chi connectivity index (χ3v) is 2.18. The van der Waals surface area contributed by atoms with Crippen LogP contribution in [-0.2, 0) is 11.3 Å². The van der Waals surface area contributed by atoms with E-state index in [4.69, 9.17) is 4.74 Å². The lowest BCUT2D eigenvalue weighted by atomic mass is 10.5. The zero-order valence-electron chi connectivity index (χ0n) is 6.21. The summed E-state index contributed by atoms with van der Waals surface area (Å²) in [6, 6.07) is 0. The predicted octanol–water partition coefficient (Wildman–Crippen LogP) is 2.23. The summed E-state index contributed by atoms with van der Waals surface area (Å²) in [7, 11) is 0. The Kier molecular flexibility index (Phi) is 3.96. The van der Waals surface area contributed by atoms with Crippen molar-refractivity contribution >= 4 is 27.5 Å². The Morgan fingerprint density at radius 2 is 2.45 bits per heavy atom. The van der Waals surface area contributed by atoms with Gasteiger partial charge in [0.1, 0.15) is 6.61 Å². The third-order valence-electron chi connectivity index (χ3n) is 1.02. The molecule has 1 heterocycles. The zero-order chi connectivity index (χ0) is 8.10. The van der Waals surface area contributed by atoms with Gasteiger partial charge in [0.2, 0.25) is 0 Å². The fourth-order valence-electron chi connectivity index (χ4n) is 0.599. The lowest BCUT2D eigenvalue weighted by Crippen LogP contribution is -1.95. The summed E-state index contributed by atoms with van der Waals surface area (Å²) < 4.78 is 10.1. The molecule has 0 amide bonds. The maximum absolute atomic E-state index is 5.24. The highest BCUT2D eigenvalue weighted by Crippen LogP contribution is 2.11. The largest absolute Gasteiger partial charge is 0.373 e. The molecule has 0 atom stereocenters. The number of nitrogens with zero attached hydrogens (tertiary/aromatic N) is 2. The van der Waals surface area contributed by atoms with Crippen LogP contribution >= 0.6 is 27.5 Å². The highest BCUT2D eigenvalue weighted by molar-refractivity contribution is 9.11. The quantitative estimate of drug-likeness (QED) is 0.753. The van der Waals surface area contributed by atoms with Gasteiger partial charge < -0.3 is 4.74 Å². The van der Waals surface area contributed by atoms with E-state index in [9.17, 15) is 0 Å². The minimum absolute atomic E-state index is 0.524. The molecule has 0 fully saturated rings. The fraction of sp³-hybridized carbons (Fsp3) is 0.667. The van der Waals surface area contributed by atoms with Crippen LogP contribution in [0.3, 0.4) is 0 Å². The second-order valence-electron chi connectivity index (χ2n) is 2.02. The van der Waals surface area contributed by atoms with Crippen LogP contribution in [0.25, 0.3) is 0 Å². The molecular weight excluding hydrogens is 228 g/mol. The van der Waals surface area contributed by atoms with Crippen molar-refractivity contribution < 1.29 is 4.74 Å². The zero-order valence-corrected chi connectivity index (χ0v) is 8.61. The first-order chi connectivity index (χ1) is 5.33. The van der Waals surface area contributed by atoms with E-state index in [0.29, 0.717) is 6.61 Å². The minimum atomic E-state index is 0.524. The van der Waals surface area contributed by atoms with Crippen molar-refractivity contribution in [1.29, 1.82) is 0 Å². The molecule has 5 heteroatoms. The van der Waals surface area contributed by atoms with Gasteiger partial charge in [0.05, 0.1) is 0 Å². The van der Waals surface area contributed by atoms with Gasteiger partial charge in [0, 0.05) is 6.61 Å². The van der Waals surface area contributed by atoms with Crippen LogP contribution < -0.4 is 0 Å². The van der Waals surface area contributed by atoms with E-state index < -0.39 is 0 Å². The number of rotatable bonds is 4. The Hall–Kier alpha value is -0.0000000000000000555. The molecule has 0 saturated heterocycles. The summed E-state index contributed by atoms with van der Waals surface area (Å²) in [6.45, 7) is 3.37. The molecular formula is C6H9BrN2OS. The molecule has 11 heavy (non-hydrogen) atoms. The molecule has 0 aromatic carbocycles. The normalized spacial score (nSPS) is 10.4. The van der Waals surface area contributed by atoms with Gasteiger partial charge in [0.25, 0.3) is 0 Å². The van der Waals surface area contributed by atoms with Crippen molar-refractivity contribution in [1.82, 2.24) is 9.36 Å². The molecule has 0 unspecified atom stereocenters. The smallest absolute Gasteiger partial charge is 0.179 e. The number of hydrogen-bond acceptors (Lipinski definition) is 4. The van der Waals surface area contributed by atoms with Crippen molar-refractivity contribution in [2.75, 3.05) is 6.61 Å². The van der Waals surface area contributed by atoms with Crippen molar-refractivity contribution in [3.63, 3.8) is 0 Å². The summed E-state index contributed by atoms with van der Waals surface area (Å²) in [5.41, 5.74) is 0. The highest BCUT2D eigenvalue weighted by atomic mass is 79.9. The molecule has 0 aliphatic carbocycles. The lowest BCUT2D eigenvalue weighted by Gasteiger charge is -1.95. The summed E-state index contributed by atoms with van der Waals surface area (Å²) >= 11 is 4.57. The minimum Gasteiger partial charge on any atom is -0.373 e. The van der Waals surface area contributed by atoms with Crippen LogP contribution in [0.4, 0.5) is 0 Å². The second-order valence-corrected chi connectivity index (χ2v) is 4.04. The van der Waals surface area contributed by atoms with Gasteiger partial charge in [-0.2, -0.15) is 4.37 Å². The van der Waals surface area contributed by atoms with E-state index in [-0.39, 0.29) is 0 Å². The fourth-order valence-corrected chi connectivity index (χ4v) is 1.44. The predicted molar refractivity (Wildman–Crippen MR) is 47.6 cm³/mol. The van der Waals surface area contributed by atoms with E-state index in [0.717, 1.165) is 22.8 Å². The van der Waals surface area contributed by atoms with Crippen molar-refractivity contribution in [3.05, 3.63) is 9.74 Å². The maximum atomic E-state index is 5.24. The molecule has 1 aromatic rings. The summed E-state index contributed by atoms with van der Waals surface area (Å²) in [6.07, 6.45) is 1.03. The molecule has 0 radical (unpaired) electrons. The molecule has 1 aromatic heterocycles. The van der Waals surface area contributed by atoms with E-state index in [2.05, 4.69) is 32.2 Å². The summed E-state index contributed by atoms with van der Waals surface area (Å²) in [4.78, 5) is 4.08. The SMILES string of the molecule is CCCOCc1nsc(Br)n1. The highest BCUT2D eigenvalue weighted by Gasteiger charge is 1.99. The maximum Gasteiger partial charge on any atom is 0.179 e. The van der Waals surface area contributed by atoms with Gasteiger partial charge in [0.15, 0.2) is 9.74 Å². The van der Waals surface area contributed by atoms with E-state index in [1.54, 1.807) is 0 Å². The van der Waals surface area contributed by atoms with Gasteiger partial charge in [-0.1, -0.05) is 6.92 Å². The first kappa shape index (κ1) is 9.09. The van der Waals surface area contributed by atoms with E-state index >= 15 is 0 Å². The van der Waals surface area contributed by atoms with Gasteiger partial charge in [-0.25, -0.2) is 4.98 Å². The van der Waals surface area contributed by atoms with E-state index in [1.165, 1.54) is 11.5 Å². The molecule has 0 spiro atoms. The monoisotopic (exact) mass is 236 g/mol. The molecule has 1 rings (SSSR count). The van der Waals surface area contributed by atoms with E-state index in [1.807, 2.05) is 0 Å². The number of aromatic nitrogens is 2. The number of hydrogen-bond donors (Lipinski definition) is 0. The standard InChI is InChI=1S/C6H9BrN2OS/c1-2-3-10-4-5-8-6(7)11-9-5/h2-4H2,1H3. The number of ether oxygens (including phenoxy) is 1. The average Bonchev–Trinajstić information content (AvgIpc) is 2.37. The lowest BCUT2D eigenvalue weighted by molar-refractivity contribution is 0.117. The topological polar surface area (TPSA) is 35.0 Å². The summed E-state index contributed by atoms with van der Waals surface area (Å²) in [5, 5.41) is 0. The third kappa shape index (κ3) is 3.27.